The molecule has 1 aliphatic rings. The van der Waals surface area contributed by atoms with Crippen molar-refractivity contribution in [1.29, 1.82) is 0 Å². The molecule has 1 aromatic carbocycles. The number of rotatable bonds is 5. The number of aryl methyl sites for hydroxylation is 2. The minimum Gasteiger partial charge on any atom is -0.453 e. The maximum absolute atomic E-state index is 12.1. The van der Waals surface area contributed by atoms with E-state index in [1.54, 1.807) is 6.92 Å². The van der Waals surface area contributed by atoms with Crippen LogP contribution < -0.4 is 5.32 Å². The van der Waals surface area contributed by atoms with Gasteiger partial charge in [-0.3, -0.25) is 9.59 Å². The maximum Gasteiger partial charge on any atom is 0.307 e. The summed E-state index contributed by atoms with van der Waals surface area (Å²) in [5, 5.41) is 2.82. The Morgan fingerprint density at radius 1 is 1.36 bits per heavy atom. The lowest BCUT2D eigenvalue weighted by atomic mass is 10.1. The Morgan fingerprint density at radius 2 is 2.14 bits per heavy atom. The highest BCUT2D eigenvalue weighted by Crippen LogP contribution is 2.21. The topological polar surface area (TPSA) is 55.4 Å². The number of hydrogen-bond acceptors (Lipinski definition) is 3. The third kappa shape index (κ3) is 4.45. The molecule has 0 fully saturated rings. The fourth-order valence-electron chi connectivity index (χ4n) is 2.48. The first-order valence-corrected chi connectivity index (χ1v) is 7.70. The summed E-state index contributed by atoms with van der Waals surface area (Å²) >= 11 is 0. The molecule has 22 heavy (non-hydrogen) atoms. The Bertz CT molecular complexity index is 592. The van der Waals surface area contributed by atoms with Crippen LogP contribution >= 0.6 is 0 Å². The number of carbonyl (C=O) groups excluding carboxylic acids is 2. The van der Waals surface area contributed by atoms with Gasteiger partial charge < -0.3 is 10.1 Å². The number of carbonyl (C=O) groups is 2. The van der Waals surface area contributed by atoms with Crippen LogP contribution in [0.3, 0.4) is 0 Å². The zero-order valence-corrected chi connectivity index (χ0v) is 13.4. The minimum atomic E-state index is -0.794. The fraction of sp³-hybridized carbons (Fsp3) is 0.444. The Balaban J connectivity index is 1.87. The Morgan fingerprint density at radius 3 is 2.82 bits per heavy atom. The number of amides is 1. The van der Waals surface area contributed by atoms with Gasteiger partial charge in [-0.05, 0) is 56.7 Å². The molecule has 1 amide bonds. The van der Waals surface area contributed by atoms with Crippen LogP contribution in [-0.4, -0.2) is 18.0 Å². The quantitative estimate of drug-likeness (QED) is 0.668. The van der Waals surface area contributed by atoms with Crippen LogP contribution in [0.1, 0.15) is 37.3 Å². The minimum absolute atomic E-state index is 0.252. The summed E-state index contributed by atoms with van der Waals surface area (Å²) in [6, 6.07) is 5.85. The van der Waals surface area contributed by atoms with Crippen LogP contribution in [-0.2, 0) is 14.3 Å². The van der Waals surface area contributed by atoms with E-state index in [0.29, 0.717) is 6.42 Å². The molecule has 4 heteroatoms. The summed E-state index contributed by atoms with van der Waals surface area (Å²) < 4.78 is 5.23. The van der Waals surface area contributed by atoms with Crippen molar-refractivity contribution in [1.82, 2.24) is 0 Å². The lowest BCUT2D eigenvalue weighted by molar-refractivity contribution is -0.153. The largest absolute Gasteiger partial charge is 0.453 e. The van der Waals surface area contributed by atoms with E-state index in [1.165, 1.54) is 0 Å². The molecule has 0 aliphatic heterocycles. The van der Waals surface area contributed by atoms with Crippen molar-refractivity contribution in [2.75, 3.05) is 5.32 Å². The second-order valence-electron chi connectivity index (χ2n) is 5.91. The van der Waals surface area contributed by atoms with Gasteiger partial charge in [-0.1, -0.05) is 24.3 Å². The monoisotopic (exact) mass is 301 g/mol. The van der Waals surface area contributed by atoms with E-state index in [1.807, 2.05) is 38.1 Å². The molecule has 2 rings (SSSR count). The summed E-state index contributed by atoms with van der Waals surface area (Å²) in [5.41, 5.74) is 2.80. The van der Waals surface area contributed by atoms with Crippen molar-refractivity contribution in [3.63, 3.8) is 0 Å². The molecule has 1 aromatic rings. The van der Waals surface area contributed by atoms with Crippen molar-refractivity contribution >= 4 is 17.6 Å². The lowest BCUT2D eigenvalue weighted by Crippen LogP contribution is -2.30. The Kier molecular flexibility index (Phi) is 5.36. The Labute approximate surface area is 131 Å². The molecule has 1 aliphatic carbocycles. The number of benzene rings is 1. The van der Waals surface area contributed by atoms with E-state index in [-0.39, 0.29) is 17.8 Å². The molecule has 118 valence electrons. The zero-order chi connectivity index (χ0) is 16.1. The third-order valence-corrected chi connectivity index (χ3v) is 3.87. The normalized spacial score (nSPS) is 18.0. The first kappa shape index (κ1) is 16.3. The van der Waals surface area contributed by atoms with Crippen LogP contribution in [0.15, 0.2) is 30.4 Å². The van der Waals surface area contributed by atoms with Gasteiger partial charge >= 0.3 is 5.97 Å². The van der Waals surface area contributed by atoms with Crippen LogP contribution in [0.25, 0.3) is 0 Å². The number of esters is 1. The fourth-order valence-corrected chi connectivity index (χ4v) is 2.48. The first-order chi connectivity index (χ1) is 10.5. The van der Waals surface area contributed by atoms with Gasteiger partial charge in [0.25, 0.3) is 5.91 Å². The standard InChI is InChI=1S/C18H23NO3/c1-12-8-9-13(2)16(10-12)19-18(21)14(3)22-17(20)11-15-6-4-5-7-15/h4,6,8-10,14-15H,5,7,11H2,1-3H3,(H,19,21)/t14-,15-/m1/s1. The SMILES string of the molecule is Cc1ccc(C)c(NC(=O)[C@@H](C)OC(=O)C[C@@H]2C=CCC2)c1. The van der Waals surface area contributed by atoms with Gasteiger partial charge in [0.2, 0.25) is 0 Å². The number of ether oxygens (including phenoxy) is 1. The number of anilines is 1. The smallest absolute Gasteiger partial charge is 0.307 e. The molecular formula is C18H23NO3. The van der Waals surface area contributed by atoms with Crippen molar-refractivity contribution in [2.45, 2.75) is 46.1 Å². The molecule has 0 bridgehead atoms. The van der Waals surface area contributed by atoms with Gasteiger partial charge in [0, 0.05) is 5.69 Å². The second kappa shape index (κ2) is 7.25. The molecule has 0 radical (unpaired) electrons. The third-order valence-electron chi connectivity index (χ3n) is 3.87. The molecule has 0 saturated carbocycles. The van der Waals surface area contributed by atoms with Gasteiger partial charge in [0.05, 0.1) is 6.42 Å². The van der Waals surface area contributed by atoms with Gasteiger partial charge in [0.1, 0.15) is 0 Å². The van der Waals surface area contributed by atoms with Crippen molar-refractivity contribution < 1.29 is 14.3 Å². The zero-order valence-electron chi connectivity index (χ0n) is 13.4. The molecule has 2 atom stereocenters. The Hall–Kier alpha value is -2.10. The van der Waals surface area contributed by atoms with Gasteiger partial charge in [-0.25, -0.2) is 0 Å². The molecule has 0 saturated heterocycles. The molecular weight excluding hydrogens is 278 g/mol. The van der Waals surface area contributed by atoms with E-state index in [9.17, 15) is 9.59 Å². The first-order valence-electron chi connectivity index (χ1n) is 7.70. The molecule has 0 aromatic heterocycles. The van der Waals surface area contributed by atoms with Crippen molar-refractivity contribution in [3.8, 4) is 0 Å². The van der Waals surface area contributed by atoms with E-state index >= 15 is 0 Å². The number of hydrogen-bond donors (Lipinski definition) is 1. The van der Waals surface area contributed by atoms with Crippen LogP contribution in [0.5, 0.6) is 0 Å². The van der Waals surface area contributed by atoms with Crippen molar-refractivity contribution in [3.05, 3.63) is 41.5 Å². The predicted molar refractivity (Wildman–Crippen MR) is 86.6 cm³/mol. The lowest BCUT2D eigenvalue weighted by Gasteiger charge is -2.16. The molecule has 0 heterocycles. The van der Waals surface area contributed by atoms with Crippen LogP contribution in [0, 0.1) is 19.8 Å². The van der Waals surface area contributed by atoms with E-state index in [4.69, 9.17) is 4.74 Å². The van der Waals surface area contributed by atoms with Gasteiger partial charge in [-0.15, -0.1) is 0 Å². The maximum atomic E-state index is 12.1. The second-order valence-corrected chi connectivity index (χ2v) is 5.91. The van der Waals surface area contributed by atoms with E-state index < -0.39 is 6.10 Å². The highest BCUT2D eigenvalue weighted by Gasteiger charge is 2.21. The van der Waals surface area contributed by atoms with E-state index in [0.717, 1.165) is 29.7 Å². The summed E-state index contributed by atoms with van der Waals surface area (Å²) in [6.07, 6.45) is 5.67. The highest BCUT2D eigenvalue weighted by atomic mass is 16.5. The van der Waals surface area contributed by atoms with Crippen LogP contribution in [0.4, 0.5) is 5.69 Å². The van der Waals surface area contributed by atoms with Crippen molar-refractivity contribution in [2.24, 2.45) is 5.92 Å². The van der Waals surface area contributed by atoms with Crippen LogP contribution in [0.2, 0.25) is 0 Å². The summed E-state index contributed by atoms with van der Waals surface area (Å²) in [6.45, 7) is 5.49. The highest BCUT2D eigenvalue weighted by molar-refractivity contribution is 5.95. The summed E-state index contributed by atoms with van der Waals surface area (Å²) in [4.78, 5) is 24.0. The number of nitrogens with one attached hydrogen (secondary N) is 1. The van der Waals surface area contributed by atoms with E-state index in [2.05, 4.69) is 11.4 Å². The molecule has 1 N–H and O–H groups in total. The van der Waals surface area contributed by atoms with Gasteiger partial charge in [0.15, 0.2) is 6.10 Å². The predicted octanol–water partition coefficient (Wildman–Crippen LogP) is 3.53. The molecule has 0 spiro atoms. The average Bonchev–Trinajstić information content (AvgIpc) is 2.95. The number of allylic oxidation sites excluding steroid dienone is 2. The average molecular weight is 301 g/mol. The van der Waals surface area contributed by atoms with Gasteiger partial charge in [-0.2, -0.15) is 0 Å². The molecule has 4 nitrogen and oxygen atoms in total. The summed E-state index contributed by atoms with van der Waals surface area (Å²) in [5.74, 6) is -0.369. The summed E-state index contributed by atoms with van der Waals surface area (Å²) in [7, 11) is 0. The molecule has 0 unspecified atom stereocenters.